The van der Waals surface area contributed by atoms with Gasteiger partial charge >= 0.3 is 24.2 Å². The Hall–Kier alpha value is -3.25. The molecule has 4 saturated heterocycles. The highest BCUT2D eigenvalue weighted by molar-refractivity contribution is 6.42. The summed E-state index contributed by atoms with van der Waals surface area (Å²) in [5.41, 5.74) is -2.11. The first kappa shape index (κ1) is 53.1. The molecule has 5 fully saturated rings. The van der Waals surface area contributed by atoms with Crippen LogP contribution in [0.5, 0.6) is 0 Å². The number of carbonyl (C=O) groups is 5. The number of esters is 1. The van der Waals surface area contributed by atoms with Crippen LogP contribution in [-0.4, -0.2) is 149 Å². The Morgan fingerprint density at radius 2 is 1.69 bits per heavy atom. The summed E-state index contributed by atoms with van der Waals surface area (Å²) in [6, 6.07) is 3.44. The minimum atomic E-state index is -1.52. The van der Waals surface area contributed by atoms with E-state index in [4.69, 9.17) is 56.4 Å². The minimum absolute atomic E-state index is 0.0465. The van der Waals surface area contributed by atoms with Crippen LogP contribution in [0.4, 0.5) is 14.4 Å². The third-order valence-electron chi connectivity index (χ3n) is 15.1. The number of imide groups is 1. The minimum Gasteiger partial charge on any atom is -0.458 e. The van der Waals surface area contributed by atoms with Crippen LogP contribution in [0.1, 0.15) is 114 Å². The summed E-state index contributed by atoms with van der Waals surface area (Å²) in [4.78, 5) is 75.6. The molecule has 0 aromatic heterocycles. The van der Waals surface area contributed by atoms with Crippen molar-refractivity contribution in [3.8, 4) is 0 Å². The van der Waals surface area contributed by atoms with Crippen LogP contribution in [-0.2, 0) is 49.2 Å². The molecule has 4 aliphatic heterocycles. The summed E-state index contributed by atoms with van der Waals surface area (Å²) in [5.74, 6) is -4.22. The number of hydrogen-bond acceptors (Lipinski definition) is 14. The Morgan fingerprint density at radius 1 is 1.00 bits per heavy atom. The molecule has 0 spiro atoms. The predicted octanol–water partition coefficient (Wildman–Crippen LogP) is 8.08. The number of halogens is 2. The molecule has 1 aromatic carbocycles. The normalized spacial score (nSPS) is 37.8. The molecule has 67 heavy (non-hydrogen) atoms. The van der Waals surface area contributed by atoms with Gasteiger partial charge in [0.2, 0.25) is 0 Å². The summed E-state index contributed by atoms with van der Waals surface area (Å²) in [5, 5.41) is 13.0. The molecule has 16 nitrogen and oxygen atoms in total. The molecule has 1 aromatic rings. The molecular weight excluding hydrogens is 909 g/mol. The molecule has 1 aliphatic carbocycles. The van der Waals surface area contributed by atoms with Crippen molar-refractivity contribution in [1.29, 1.82) is 0 Å². The van der Waals surface area contributed by atoms with E-state index < -0.39 is 102 Å². The molecule has 0 radical (unpaired) electrons. The maximum absolute atomic E-state index is 15.1. The highest BCUT2D eigenvalue weighted by atomic mass is 35.5. The number of benzene rings is 1. The third kappa shape index (κ3) is 11.2. The lowest BCUT2D eigenvalue weighted by atomic mass is 9.73. The average Bonchev–Trinajstić information content (AvgIpc) is 3.98. The maximum Gasteiger partial charge on any atom is 0.419 e. The van der Waals surface area contributed by atoms with Gasteiger partial charge in [-0.25, -0.2) is 19.3 Å². The highest BCUT2D eigenvalue weighted by Gasteiger charge is 2.61. The first-order valence-electron chi connectivity index (χ1n) is 24.1. The SMILES string of the molecule is CC[C@H]1OC(=O)[C@H](C)[C@@H](OC(=O)N2C(=O)OC[C@@H]2C)[C@H](C)[C@@H](O[C@@H]2O[C@H](C)C[C@H](N(CC3CC3)C(C)C)[C@H]2O)C(C)(OC)C[C@@H](C)C(=O)[C@H](C)C2N(CCc3ccc(Cl)c(Cl)c3)C(=O)O[C@@]21C. The second kappa shape index (κ2) is 21.4. The number of methoxy groups -OCH3 is 1. The number of ether oxygens (including phenoxy) is 7. The van der Waals surface area contributed by atoms with Gasteiger partial charge in [0.05, 0.1) is 45.9 Å². The molecule has 4 heterocycles. The Labute approximate surface area is 405 Å². The average molecular weight is 983 g/mol. The van der Waals surface area contributed by atoms with Crippen molar-refractivity contribution in [2.24, 2.45) is 29.6 Å². The van der Waals surface area contributed by atoms with Crippen molar-refractivity contribution in [2.45, 2.75) is 187 Å². The van der Waals surface area contributed by atoms with Gasteiger partial charge in [0.15, 0.2) is 11.9 Å². The number of hydrogen-bond donors (Lipinski definition) is 1. The monoisotopic (exact) mass is 981 g/mol. The van der Waals surface area contributed by atoms with Crippen molar-refractivity contribution < 1.29 is 62.2 Å². The molecule has 2 unspecified atom stereocenters. The topological polar surface area (TPSA) is 180 Å². The molecular formula is C49H73Cl2N3O13. The molecule has 6 rings (SSSR count). The van der Waals surface area contributed by atoms with E-state index >= 15 is 4.79 Å². The number of aliphatic hydroxyl groups is 1. The molecule has 5 aliphatic rings. The van der Waals surface area contributed by atoms with E-state index in [1.807, 2.05) is 13.0 Å². The zero-order valence-electron chi connectivity index (χ0n) is 41.2. The zero-order chi connectivity index (χ0) is 49.4. The Morgan fingerprint density at radius 3 is 2.27 bits per heavy atom. The number of carbonyl (C=O) groups excluding carboxylic acids is 5. The van der Waals surface area contributed by atoms with Crippen molar-refractivity contribution in [3.05, 3.63) is 33.8 Å². The number of nitrogens with zero attached hydrogens (tertiary/aromatic N) is 3. The second-order valence-electron chi connectivity index (χ2n) is 20.5. The van der Waals surface area contributed by atoms with Gasteiger partial charge in [-0.3, -0.25) is 19.4 Å². The zero-order valence-corrected chi connectivity index (χ0v) is 42.7. The lowest BCUT2D eigenvalue weighted by Gasteiger charge is -2.49. The van der Waals surface area contributed by atoms with Gasteiger partial charge < -0.3 is 38.3 Å². The van der Waals surface area contributed by atoms with Crippen LogP contribution in [0.25, 0.3) is 0 Å². The number of ketones is 1. The highest BCUT2D eigenvalue weighted by Crippen LogP contribution is 2.44. The van der Waals surface area contributed by atoms with Gasteiger partial charge in [-0.15, -0.1) is 0 Å². The van der Waals surface area contributed by atoms with Crippen molar-refractivity contribution in [2.75, 3.05) is 26.8 Å². The van der Waals surface area contributed by atoms with E-state index in [2.05, 4.69) is 18.7 Å². The molecule has 376 valence electrons. The fourth-order valence-corrected chi connectivity index (χ4v) is 11.4. The fourth-order valence-electron chi connectivity index (χ4n) is 11.1. The third-order valence-corrected chi connectivity index (χ3v) is 15.8. The number of cyclic esters (lactones) is 2. The number of rotatable bonds is 12. The Bertz CT molecular complexity index is 1970. The lowest BCUT2D eigenvalue weighted by Crippen LogP contribution is -2.62. The first-order chi connectivity index (χ1) is 31.5. The molecule has 18 heteroatoms. The standard InChI is InChI=1S/C49H73Cl2N3O13/c1-13-37-49(11)41(52(45(58)67-49)19-18-32-16-17-34(50)35(51)21-32)29(7)38(55)26(4)22-48(10,61-12)42(66-44-39(56)36(20-28(6)63-44)53(25(2)3)23-33-14-15-33)30(8)40(31(9)43(57)64-37)65-47(60)54-27(5)24-62-46(54)59/h16-17,21,25-31,33,36-37,39-42,44,56H,13-15,18-20,22-24H2,1-12H3/t26-,27+,28-,29+,30+,31-,36+,37-,39-,40+,41?,42-,44+,48?,49-/m1/s1. The Kier molecular flexibility index (Phi) is 17.0. The summed E-state index contributed by atoms with van der Waals surface area (Å²) in [7, 11) is 1.49. The van der Waals surface area contributed by atoms with Crippen LogP contribution in [0.15, 0.2) is 18.2 Å². The van der Waals surface area contributed by atoms with Crippen LogP contribution < -0.4 is 0 Å². The van der Waals surface area contributed by atoms with E-state index in [1.165, 1.54) is 12.0 Å². The van der Waals surface area contributed by atoms with Gasteiger partial charge in [-0.1, -0.05) is 57.0 Å². The number of fused-ring (bicyclic) bond motifs is 1. The van der Waals surface area contributed by atoms with Crippen LogP contribution in [0, 0.1) is 29.6 Å². The van der Waals surface area contributed by atoms with E-state index in [-0.39, 0.29) is 50.0 Å². The largest absolute Gasteiger partial charge is 0.458 e. The molecule has 0 bridgehead atoms. The van der Waals surface area contributed by atoms with E-state index in [1.54, 1.807) is 67.5 Å². The quantitative estimate of drug-likeness (QED) is 0.157. The smallest absolute Gasteiger partial charge is 0.419 e. The Balaban J connectivity index is 1.43. The summed E-state index contributed by atoms with van der Waals surface area (Å²) in [6.07, 6.45) is -5.43. The van der Waals surface area contributed by atoms with Crippen LogP contribution >= 0.6 is 23.2 Å². The van der Waals surface area contributed by atoms with E-state index in [0.717, 1.165) is 29.8 Å². The summed E-state index contributed by atoms with van der Waals surface area (Å²) < 4.78 is 43.9. The van der Waals surface area contributed by atoms with Gasteiger partial charge in [-0.2, -0.15) is 0 Å². The number of aliphatic hydroxyl groups excluding tert-OH is 1. The van der Waals surface area contributed by atoms with Crippen molar-refractivity contribution in [1.82, 2.24) is 14.7 Å². The van der Waals surface area contributed by atoms with Crippen molar-refractivity contribution >= 4 is 53.2 Å². The summed E-state index contributed by atoms with van der Waals surface area (Å²) in [6.45, 7) is 20.8. The van der Waals surface area contributed by atoms with Gasteiger partial charge in [0.1, 0.15) is 30.7 Å². The number of Topliss-reactive ketones (excluding diaryl/α,β-unsaturated/α-hetero) is 1. The molecule has 15 atom stereocenters. The molecule has 1 saturated carbocycles. The first-order valence-corrected chi connectivity index (χ1v) is 24.9. The predicted molar refractivity (Wildman–Crippen MR) is 249 cm³/mol. The lowest BCUT2D eigenvalue weighted by molar-refractivity contribution is -0.303. The maximum atomic E-state index is 15.1. The second-order valence-corrected chi connectivity index (χ2v) is 21.3. The van der Waals surface area contributed by atoms with Gasteiger partial charge in [0.25, 0.3) is 0 Å². The molecule has 1 N–H and O–H groups in total. The summed E-state index contributed by atoms with van der Waals surface area (Å²) >= 11 is 12.6. The fraction of sp³-hybridized carbons (Fsp3) is 0.776. The van der Waals surface area contributed by atoms with Crippen molar-refractivity contribution in [3.63, 3.8) is 0 Å². The number of amides is 3. The van der Waals surface area contributed by atoms with Crippen LogP contribution in [0.2, 0.25) is 10.0 Å². The van der Waals surface area contributed by atoms with Crippen LogP contribution in [0.3, 0.4) is 0 Å². The van der Waals surface area contributed by atoms with E-state index in [0.29, 0.717) is 28.8 Å². The van der Waals surface area contributed by atoms with E-state index in [9.17, 15) is 24.3 Å². The van der Waals surface area contributed by atoms with Gasteiger partial charge in [0, 0.05) is 50.0 Å². The molecule has 3 amide bonds. The van der Waals surface area contributed by atoms with Gasteiger partial charge in [-0.05, 0) is 111 Å².